The molecule has 1 aromatic carbocycles. The Hall–Kier alpha value is -1.40. The Morgan fingerprint density at radius 3 is 2.29 bits per heavy atom. The van der Waals surface area contributed by atoms with Gasteiger partial charge in [0.1, 0.15) is 12.2 Å². The van der Waals surface area contributed by atoms with Crippen LogP contribution in [0.1, 0.15) is 6.42 Å². The van der Waals surface area contributed by atoms with Crippen molar-refractivity contribution in [2.75, 3.05) is 0 Å². The first-order valence-corrected chi connectivity index (χ1v) is 6.16. The van der Waals surface area contributed by atoms with Crippen LogP contribution in [0.15, 0.2) is 30.3 Å². The van der Waals surface area contributed by atoms with Crippen molar-refractivity contribution in [1.29, 1.82) is 0 Å². The number of aliphatic carboxylic acids is 1. The Labute approximate surface area is 97.0 Å². The van der Waals surface area contributed by atoms with Crippen LogP contribution in [0.4, 0.5) is 0 Å². The zero-order chi connectivity index (χ0) is 13.1. The van der Waals surface area contributed by atoms with E-state index in [4.69, 9.17) is 25.4 Å². The number of carboxylic acids is 1. The van der Waals surface area contributed by atoms with Crippen LogP contribution >= 0.6 is 7.60 Å². The van der Waals surface area contributed by atoms with Gasteiger partial charge in [-0.15, -0.1) is 0 Å². The van der Waals surface area contributed by atoms with Crippen LogP contribution in [0.25, 0.3) is 0 Å². The van der Waals surface area contributed by atoms with Crippen molar-refractivity contribution < 1.29 is 29.0 Å². The maximum Gasteiger partial charge on any atom is 0.384 e. The van der Waals surface area contributed by atoms with Gasteiger partial charge in [0.25, 0.3) is 5.47 Å². The molecule has 0 saturated heterocycles. The molecule has 0 aromatic heterocycles. The summed E-state index contributed by atoms with van der Waals surface area (Å²) in [5.41, 5.74) is 2.77. The molecular formula is C9H12NO6P. The van der Waals surface area contributed by atoms with E-state index >= 15 is 0 Å². The lowest BCUT2D eigenvalue weighted by molar-refractivity contribution is -0.139. The predicted molar refractivity (Wildman–Crippen MR) is 58.3 cm³/mol. The third kappa shape index (κ3) is 3.54. The number of carbonyl (C=O) groups is 1. The van der Waals surface area contributed by atoms with Gasteiger partial charge in [-0.1, -0.05) is 18.2 Å². The Kier molecular flexibility index (Phi) is 3.90. The number of carboxylic acid groups (broad SMARTS) is 1. The molecule has 0 radical (unpaired) electrons. The molecule has 0 heterocycles. The lowest BCUT2D eigenvalue weighted by Gasteiger charge is -2.29. The second kappa shape index (κ2) is 4.85. The minimum absolute atomic E-state index is 0.0829. The molecule has 1 atom stereocenters. The summed E-state index contributed by atoms with van der Waals surface area (Å²) < 4.78 is 16.1. The minimum Gasteiger partial charge on any atom is -0.481 e. The van der Waals surface area contributed by atoms with E-state index in [2.05, 4.69) is 0 Å². The molecule has 0 aliphatic rings. The van der Waals surface area contributed by atoms with Gasteiger partial charge in [0.15, 0.2) is 0 Å². The number of nitrogens with two attached hydrogens (primary N) is 1. The summed E-state index contributed by atoms with van der Waals surface area (Å²) in [5, 5.41) is 8.59. The molecule has 17 heavy (non-hydrogen) atoms. The van der Waals surface area contributed by atoms with E-state index in [-0.39, 0.29) is 5.75 Å². The first-order chi connectivity index (χ1) is 7.74. The van der Waals surface area contributed by atoms with Gasteiger partial charge in [-0.25, -0.2) is 0 Å². The van der Waals surface area contributed by atoms with Crippen molar-refractivity contribution in [2.45, 2.75) is 11.9 Å². The number of hydrogen-bond acceptors (Lipinski definition) is 4. The topological polar surface area (TPSA) is 130 Å². The summed E-state index contributed by atoms with van der Waals surface area (Å²) in [5.74, 6) is -1.38. The maximum absolute atomic E-state index is 11.2. The highest BCUT2D eigenvalue weighted by Gasteiger charge is 2.48. The summed E-state index contributed by atoms with van der Waals surface area (Å²) in [6, 6.07) is 7.63. The maximum atomic E-state index is 11.2. The van der Waals surface area contributed by atoms with Gasteiger partial charge in [-0.05, 0) is 12.1 Å². The molecule has 0 aliphatic heterocycles. The van der Waals surface area contributed by atoms with E-state index in [1.807, 2.05) is 0 Å². The Bertz CT molecular complexity index is 444. The Balaban J connectivity index is 3.01. The highest BCUT2D eigenvalue weighted by atomic mass is 31.2. The lowest BCUT2D eigenvalue weighted by Crippen LogP contribution is -2.47. The second-order valence-electron chi connectivity index (χ2n) is 3.37. The zero-order valence-electron chi connectivity index (χ0n) is 8.68. The summed E-state index contributed by atoms with van der Waals surface area (Å²) in [6.07, 6.45) is -1.01. The molecular weight excluding hydrogens is 249 g/mol. The fourth-order valence-corrected chi connectivity index (χ4v) is 1.67. The van der Waals surface area contributed by atoms with Crippen LogP contribution in [0.3, 0.4) is 0 Å². The van der Waals surface area contributed by atoms with Gasteiger partial charge in [-0.3, -0.25) is 15.1 Å². The van der Waals surface area contributed by atoms with Crippen LogP contribution in [0, 0.1) is 0 Å². The molecule has 0 bridgehead atoms. The van der Waals surface area contributed by atoms with Crippen LogP contribution < -0.4 is 10.5 Å². The summed E-state index contributed by atoms with van der Waals surface area (Å²) in [6.45, 7) is 0. The fourth-order valence-electron chi connectivity index (χ4n) is 1.11. The first kappa shape index (κ1) is 13.7. The van der Waals surface area contributed by atoms with Crippen molar-refractivity contribution in [3.8, 4) is 5.75 Å². The predicted octanol–water partition coefficient (Wildman–Crippen LogP) is 0.330. The van der Waals surface area contributed by atoms with Crippen molar-refractivity contribution in [1.82, 2.24) is 0 Å². The third-order valence-electron chi connectivity index (χ3n) is 1.94. The number of rotatable bonds is 5. The Morgan fingerprint density at radius 1 is 1.35 bits per heavy atom. The van der Waals surface area contributed by atoms with Crippen molar-refractivity contribution >= 4 is 13.6 Å². The molecule has 1 aromatic rings. The van der Waals surface area contributed by atoms with Crippen molar-refractivity contribution in [3.05, 3.63) is 30.3 Å². The quantitative estimate of drug-likeness (QED) is 0.443. The van der Waals surface area contributed by atoms with Crippen LogP contribution in [-0.4, -0.2) is 26.3 Å². The SMILES string of the molecule is NC(CC(=O)O)(Oc1ccccc1)P(=O)(O)O. The van der Waals surface area contributed by atoms with Gasteiger partial charge in [0.05, 0.1) is 0 Å². The monoisotopic (exact) mass is 261 g/mol. The third-order valence-corrected chi connectivity index (χ3v) is 3.17. The number of benzene rings is 1. The normalized spacial score (nSPS) is 15.0. The fraction of sp³-hybridized carbons (Fsp3) is 0.222. The van der Waals surface area contributed by atoms with Gasteiger partial charge >= 0.3 is 13.6 Å². The number of para-hydroxylation sites is 1. The smallest absolute Gasteiger partial charge is 0.384 e. The molecule has 8 heteroatoms. The zero-order valence-corrected chi connectivity index (χ0v) is 9.58. The largest absolute Gasteiger partial charge is 0.481 e. The molecule has 1 unspecified atom stereocenters. The van der Waals surface area contributed by atoms with Crippen LogP contribution in [0.5, 0.6) is 5.75 Å². The van der Waals surface area contributed by atoms with Gasteiger partial charge in [0, 0.05) is 0 Å². The standard InChI is InChI=1S/C9H12NO6P/c10-9(6-8(11)12,17(13,14)15)16-7-4-2-1-3-5-7/h1-5H,6,10H2,(H,11,12)(H2,13,14,15). The van der Waals surface area contributed by atoms with Crippen molar-refractivity contribution in [3.63, 3.8) is 0 Å². The number of ether oxygens (including phenoxy) is 1. The van der Waals surface area contributed by atoms with E-state index in [0.717, 1.165) is 0 Å². The van der Waals surface area contributed by atoms with E-state index in [9.17, 15) is 9.36 Å². The molecule has 5 N–H and O–H groups in total. The highest BCUT2D eigenvalue weighted by Crippen LogP contribution is 2.49. The van der Waals surface area contributed by atoms with E-state index in [1.165, 1.54) is 12.1 Å². The average molecular weight is 261 g/mol. The van der Waals surface area contributed by atoms with E-state index in [1.54, 1.807) is 18.2 Å². The van der Waals surface area contributed by atoms with Gasteiger partial charge < -0.3 is 19.6 Å². The van der Waals surface area contributed by atoms with Crippen LogP contribution in [-0.2, 0) is 9.36 Å². The molecule has 0 amide bonds. The molecule has 0 saturated carbocycles. The molecule has 0 spiro atoms. The first-order valence-electron chi connectivity index (χ1n) is 4.55. The molecule has 1 rings (SSSR count). The number of hydrogen-bond donors (Lipinski definition) is 4. The summed E-state index contributed by atoms with van der Waals surface area (Å²) in [7, 11) is -4.93. The van der Waals surface area contributed by atoms with Crippen LogP contribution in [0.2, 0.25) is 0 Å². The van der Waals surface area contributed by atoms with E-state index < -0.39 is 25.5 Å². The highest BCUT2D eigenvalue weighted by molar-refractivity contribution is 7.53. The Morgan fingerprint density at radius 2 is 1.88 bits per heavy atom. The summed E-state index contributed by atoms with van der Waals surface area (Å²) in [4.78, 5) is 28.6. The molecule has 0 aliphatic carbocycles. The van der Waals surface area contributed by atoms with Crippen molar-refractivity contribution in [2.24, 2.45) is 5.73 Å². The molecule has 0 fully saturated rings. The average Bonchev–Trinajstić information content (AvgIpc) is 2.15. The van der Waals surface area contributed by atoms with E-state index in [0.29, 0.717) is 0 Å². The van der Waals surface area contributed by atoms with Gasteiger partial charge in [0.2, 0.25) is 0 Å². The minimum atomic E-state index is -4.93. The molecule has 7 nitrogen and oxygen atoms in total. The molecule has 94 valence electrons. The van der Waals surface area contributed by atoms with Gasteiger partial charge in [-0.2, -0.15) is 0 Å². The lowest BCUT2D eigenvalue weighted by atomic mass is 10.3. The second-order valence-corrected chi connectivity index (χ2v) is 5.22. The summed E-state index contributed by atoms with van der Waals surface area (Å²) >= 11 is 0.